The van der Waals surface area contributed by atoms with Crippen LogP contribution < -0.4 is 5.90 Å². The summed E-state index contributed by atoms with van der Waals surface area (Å²) in [7, 11) is 0. The maximum absolute atomic E-state index is 9.78. The Kier molecular flexibility index (Phi) is 9.21. The number of nitrogens with two attached hydrogens (primary N) is 1. The number of aliphatic carboxylic acids is 1. The van der Waals surface area contributed by atoms with Gasteiger partial charge in [0.15, 0.2) is 0 Å². The average Bonchev–Trinajstić information content (AvgIpc) is 1.66. The van der Waals surface area contributed by atoms with E-state index in [1.807, 2.05) is 0 Å². The van der Waals surface area contributed by atoms with Crippen LogP contribution in [0.15, 0.2) is 0 Å². The van der Waals surface area contributed by atoms with Crippen molar-refractivity contribution in [3.05, 3.63) is 0 Å². The van der Waals surface area contributed by atoms with Crippen LogP contribution in [0, 0.1) is 0 Å². The van der Waals surface area contributed by atoms with Gasteiger partial charge in [0.05, 0.1) is 6.61 Å². The lowest BCUT2D eigenvalue weighted by Gasteiger charge is -1.91. The zero-order chi connectivity index (χ0) is 6.41. The number of carbonyl (C=O) groups is 1. The first kappa shape index (κ1) is 11.2. The van der Waals surface area contributed by atoms with Crippen molar-refractivity contribution in [2.24, 2.45) is 5.90 Å². The van der Waals surface area contributed by atoms with E-state index in [4.69, 9.17) is 5.11 Å². The largest absolute Gasteiger partial charge is 0.481 e. The summed E-state index contributed by atoms with van der Waals surface area (Å²) in [6.45, 7) is 0.312. The molecule has 0 bridgehead atoms. The molecule has 4 heteroatoms. The summed E-state index contributed by atoms with van der Waals surface area (Å²) in [5, 5.41) is 8.04. The predicted octanol–water partition coefficient (Wildman–Crippen LogP) is 0.378. The van der Waals surface area contributed by atoms with Gasteiger partial charge in [-0.15, -0.1) is 0 Å². The molecule has 0 amide bonds. The van der Waals surface area contributed by atoms with E-state index in [-0.39, 0.29) is 13.8 Å². The second kappa shape index (κ2) is 7.39. The zero-order valence-corrected chi connectivity index (χ0v) is 4.46. The molecule has 0 unspecified atom stereocenters. The monoisotopic (exact) mass is 135 g/mol. The molecular weight excluding hydrogens is 122 g/mol. The standard InChI is InChI=1S/C4H9NO3.CH4/c5-8-3-1-2-4(6)7;/h1-3,5H2,(H,6,7);1H4. The van der Waals surface area contributed by atoms with E-state index in [2.05, 4.69) is 10.7 Å². The first-order valence-corrected chi connectivity index (χ1v) is 2.31. The lowest BCUT2D eigenvalue weighted by molar-refractivity contribution is -0.137. The number of carboxylic acid groups (broad SMARTS) is 1. The zero-order valence-electron chi connectivity index (χ0n) is 4.46. The van der Waals surface area contributed by atoms with Crippen molar-refractivity contribution in [3.8, 4) is 0 Å². The van der Waals surface area contributed by atoms with Gasteiger partial charge in [0, 0.05) is 6.42 Å². The summed E-state index contributed by atoms with van der Waals surface area (Å²) < 4.78 is 0. The van der Waals surface area contributed by atoms with Crippen LogP contribution in [0.3, 0.4) is 0 Å². The SMILES string of the molecule is C.NOCCCC(=O)O. The van der Waals surface area contributed by atoms with Gasteiger partial charge in [-0.05, 0) is 6.42 Å². The maximum Gasteiger partial charge on any atom is 0.303 e. The van der Waals surface area contributed by atoms with E-state index in [1.165, 1.54) is 0 Å². The van der Waals surface area contributed by atoms with Gasteiger partial charge < -0.3 is 9.94 Å². The second-order valence-electron chi connectivity index (χ2n) is 1.37. The summed E-state index contributed by atoms with van der Waals surface area (Å²) in [6, 6.07) is 0. The van der Waals surface area contributed by atoms with E-state index in [0.717, 1.165) is 0 Å². The third-order valence-corrected chi connectivity index (χ3v) is 0.653. The van der Waals surface area contributed by atoms with E-state index in [0.29, 0.717) is 13.0 Å². The fourth-order valence-corrected chi connectivity index (χ4v) is 0.307. The minimum absolute atomic E-state index is 0. The summed E-state index contributed by atoms with van der Waals surface area (Å²) in [6.07, 6.45) is 0.600. The molecule has 3 N–H and O–H groups in total. The van der Waals surface area contributed by atoms with Gasteiger partial charge >= 0.3 is 5.97 Å². The number of rotatable bonds is 4. The van der Waals surface area contributed by atoms with Gasteiger partial charge in [0.1, 0.15) is 0 Å². The lowest BCUT2D eigenvalue weighted by Crippen LogP contribution is -2.03. The van der Waals surface area contributed by atoms with E-state index >= 15 is 0 Å². The van der Waals surface area contributed by atoms with Crippen LogP contribution in [0.2, 0.25) is 0 Å². The van der Waals surface area contributed by atoms with Crippen LogP contribution in [0.1, 0.15) is 20.3 Å². The first-order chi connectivity index (χ1) is 3.77. The van der Waals surface area contributed by atoms with Gasteiger partial charge in [-0.3, -0.25) is 4.79 Å². The Bertz CT molecular complexity index is 74.6. The Balaban J connectivity index is 0. The van der Waals surface area contributed by atoms with Crippen molar-refractivity contribution in [1.82, 2.24) is 0 Å². The summed E-state index contributed by atoms with van der Waals surface area (Å²) in [5.41, 5.74) is 0. The van der Waals surface area contributed by atoms with Crippen molar-refractivity contribution in [1.29, 1.82) is 0 Å². The van der Waals surface area contributed by atoms with Crippen LogP contribution in [0.4, 0.5) is 0 Å². The highest BCUT2D eigenvalue weighted by atomic mass is 16.6. The van der Waals surface area contributed by atoms with E-state index in [9.17, 15) is 4.79 Å². The summed E-state index contributed by atoms with van der Waals surface area (Å²) in [4.78, 5) is 13.9. The van der Waals surface area contributed by atoms with Crippen LogP contribution in [-0.4, -0.2) is 17.7 Å². The molecule has 0 radical (unpaired) electrons. The smallest absolute Gasteiger partial charge is 0.303 e. The predicted molar refractivity (Wildman–Crippen MR) is 33.7 cm³/mol. The highest BCUT2D eigenvalue weighted by molar-refractivity contribution is 5.66. The molecule has 9 heavy (non-hydrogen) atoms. The highest BCUT2D eigenvalue weighted by Crippen LogP contribution is 1.85. The molecule has 0 fully saturated rings. The molecule has 0 aromatic carbocycles. The molecule has 0 spiro atoms. The van der Waals surface area contributed by atoms with Crippen LogP contribution in [0.25, 0.3) is 0 Å². The highest BCUT2D eigenvalue weighted by Gasteiger charge is 1.93. The molecule has 0 aliphatic heterocycles. The Hall–Kier alpha value is -0.610. The number of carboxylic acids is 1. The molecule has 0 saturated heterocycles. The Labute approximate surface area is 54.6 Å². The third-order valence-electron chi connectivity index (χ3n) is 0.653. The molecule has 0 rings (SSSR count). The topological polar surface area (TPSA) is 72.5 Å². The fourth-order valence-electron chi connectivity index (χ4n) is 0.307. The van der Waals surface area contributed by atoms with Crippen molar-refractivity contribution in [2.75, 3.05) is 6.61 Å². The summed E-state index contributed by atoms with van der Waals surface area (Å²) >= 11 is 0. The molecule has 0 saturated carbocycles. The molecule has 56 valence electrons. The average molecular weight is 135 g/mol. The first-order valence-electron chi connectivity index (χ1n) is 2.31. The maximum atomic E-state index is 9.78. The molecule has 0 atom stereocenters. The van der Waals surface area contributed by atoms with Crippen molar-refractivity contribution in [2.45, 2.75) is 20.3 Å². The third kappa shape index (κ3) is 11.1. The number of hydrogen-bond acceptors (Lipinski definition) is 3. The molecule has 0 aliphatic carbocycles. The normalized spacial score (nSPS) is 8.11. The van der Waals surface area contributed by atoms with Gasteiger partial charge in [0.25, 0.3) is 0 Å². The van der Waals surface area contributed by atoms with E-state index < -0.39 is 5.97 Å². The molecule has 0 heterocycles. The van der Waals surface area contributed by atoms with Gasteiger partial charge in [0.2, 0.25) is 0 Å². The van der Waals surface area contributed by atoms with Crippen LogP contribution >= 0.6 is 0 Å². The molecule has 4 nitrogen and oxygen atoms in total. The van der Waals surface area contributed by atoms with Crippen LogP contribution in [-0.2, 0) is 9.63 Å². The molecule has 0 aromatic heterocycles. The Morgan fingerprint density at radius 3 is 2.56 bits per heavy atom. The summed E-state index contributed by atoms with van der Waals surface area (Å²) in [5.74, 6) is 3.80. The van der Waals surface area contributed by atoms with E-state index in [1.54, 1.807) is 0 Å². The van der Waals surface area contributed by atoms with Crippen LogP contribution in [0.5, 0.6) is 0 Å². The van der Waals surface area contributed by atoms with Crippen molar-refractivity contribution in [3.63, 3.8) is 0 Å². The van der Waals surface area contributed by atoms with Crippen molar-refractivity contribution >= 4 is 5.97 Å². The molecule has 0 aromatic rings. The fraction of sp³-hybridized carbons (Fsp3) is 0.800. The van der Waals surface area contributed by atoms with Crippen molar-refractivity contribution < 1.29 is 14.7 Å². The van der Waals surface area contributed by atoms with Gasteiger partial charge in [-0.25, -0.2) is 5.90 Å². The minimum Gasteiger partial charge on any atom is -0.481 e. The quantitative estimate of drug-likeness (QED) is 0.431. The number of hydrogen-bond donors (Lipinski definition) is 2. The Morgan fingerprint density at radius 1 is 1.67 bits per heavy atom. The minimum atomic E-state index is -0.818. The van der Waals surface area contributed by atoms with Gasteiger partial charge in [-0.1, -0.05) is 7.43 Å². The lowest BCUT2D eigenvalue weighted by atomic mass is 10.3. The Morgan fingerprint density at radius 2 is 2.22 bits per heavy atom. The molecule has 0 aliphatic rings. The second-order valence-corrected chi connectivity index (χ2v) is 1.37. The molecular formula is C5H13NO3. The van der Waals surface area contributed by atoms with Gasteiger partial charge in [-0.2, -0.15) is 0 Å².